The fraction of sp³-hybridized carbons (Fsp3) is 0.538. The highest BCUT2D eigenvalue weighted by Gasteiger charge is 2.33. The average Bonchev–Trinajstić information content (AvgIpc) is 2.80. The quantitative estimate of drug-likeness (QED) is 0.723. The molecular formula is C13H15BrClFO. The molecule has 1 nitrogen and oxygen atoms in total. The Hall–Kier alpha value is -0.280. The Bertz CT molecular complexity index is 391. The molecule has 1 saturated carbocycles. The summed E-state index contributed by atoms with van der Waals surface area (Å²) in [4.78, 5) is 0. The standard InChI is InChI=1S/C13H15BrClFO/c14-8-13(5-1-2-6-13)9-17-10-3-4-12(16)11(15)7-10/h3-4,7H,1-2,5-6,8-9H2. The minimum Gasteiger partial charge on any atom is -0.493 e. The molecule has 0 saturated heterocycles. The molecule has 0 atom stereocenters. The summed E-state index contributed by atoms with van der Waals surface area (Å²) in [5.74, 6) is 0.235. The van der Waals surface area contributed by atoms with E-state index in [4.69, 9.17) is 16.3 Å². The lowest BCUT2D eigenvalue weighted by atomic mass is 9.90. The summed E-state index contributed by atoms with van der Waals surface area (Å²) in [6, 6.07) is 4.50. The Balaban J connectivity index is 1.99. The fourth-order valence-electron chi connectivity index (χ4n) is 2.24. The molecule has 0 heterocycles. The second kappa shape index (κ2) is 5.57. The van der Waals surface area contributed by atoms with Crippen molar-refractivity contribution in [3.05, 3.63) is 29.0 Å². The van der Waals surface area contributed by atoms with Crippen LogP contribution in [0.2, 0.25) is 5.02 Å². The largest absolute Gasteiger partial charge is 0.493 e. The summed E-state index contributed by atoms with van der Waals surface area (Å²) >= 11 is 9.28. The van der Waals surface area contributed by atoms with Gasteiger partial charge in [0.15, 0.2) is 0 Å². The van der Waals surface area contributed by atoms with E-state index in [2.05, 4.69) is 15.9 Å². The lowest BCUT2D eigenvalue weighted by Gasteiger charge is -2.26. The molecule has 1 aromatic rings. The van der Waals surface area contributed by atoms with Gasteiger partial charge < -0.3 is 4.74 Å². The van der Waals surface area contributed by atoms with Gasteiger partial charge in [-0.1, -0.05) is 40.4 Å². The third kappa shape index (κ3) is 3.14. The van der Waals surface area contributed by atoms with Crippen LogP contribution in [-0.2, 0) is 0 Å². The third-order valence-corrected chi connectivity index (χ3v) is 4.86. The Kier molecular flexibility index (Phi) is 4.31. The summed E-state index contributed by atoms with van der Waals surface area (Å²) in [5.41, 5.74) is 0.237. The van der Waals surface area contributed by atoms with Crippen LogP contribution in [0.3, 0.4) is 0 Å². The molecule has 0 unspecified atom stereocenters. The zero-order valence-corrected chi connectivity index (χ0v) is 11.9. The molecule has 0 bridgehead atoms. The van der Waals surface area contributed by atoms with Crippen molar-refractivity contribution in [2.45, 2.75) is 25.7 Å². The highest BCUT2D eigenvalue weighted by atomic mass is 79.9. The van der Waals surface area contributed by atoms with Gasteiger partial charge in [0.2, 0.25) is 0 Å². The number of alkyl halides is 1. The predicted octanol–water partition coefficient (Wildman–Crippen LogP) is 4.81. The SMILES string of the molecule is Fc1ccc(OCC2(CBr)CCCC2)cc1Cl. The number of ether oxygens (including phenoxy) is 1. The zero-order chi connectivity index (χ0) is 12.3. The van der Waals surface area contributed by atoms with E-state index in [0.29, 0.717) is 12.4 Å². The maximum Gasteiger partial charge on any atom is 0.142 e. The van der Waals surface area contributed by atoms with E-state index in [1.54, 1.807) is 6.07 Å². The normalized spacial score (nSPS) is 18.3. The first-order chi connectivity index (χ1) is 8.15. The summed E-state index contributed by atoms with van der Waals surface area (Å²) in [5, 5.41) is 1.07. The minimum absolute atomic E-state index is 0.113. The van der Waals surface area contributed by atoms with Crippen LogP contribution in [0.5, 0.6) is 5.75 Å². The van der Waals surface area contributed by atoms with Crippen molar-refractivity contribution in [2.24, 2.45) is 5.41 Å². The monoisotopic (exact) mass is 320 g/mol. The molecule has 1 fully saturated rings. The van der Waals surface area contributed by atoms with Crippen LogP contribution in [0.15, 0.2) is 18.2 Å². The molecule has 0 amide bonds. The maximum atomic E-state index is 13.0. The molecule has 0 aromatic heterocycles. The van der Waals surface area contributed by atoms with Crippen molar-refractivity contribution in [1.29, 1.82) is 0 Å². The van der Waals surface area contributed by atoms with Gasteiger partial charge in [-0.3, -0.25) is 0 Å². The van der Waals surface area contributed by atoms with Gasteiger partial charge in [0.25, 0.3) is 0 Å². The van der Waals surface area contributed by atoms with Gasteiger partial charge in [-0.25, -0.2) is 4.39 Å². The Morgan fingerprint density at radius 3 is 2.65 bits per heavy atom. The second-order valence-corrected chi connectivity index (χ2v) is 5.67. The number of hydrogen-bond acceptors (Lipinski definition) is 1. The lowest BCUT2D eigenvalue weighted by molar-refractivity contribution is 0.174. The molecule has 94 valence electrons. The van der Waals surface area contributed by atoms with Crippen LogP contribution in [0.1, 0.15) is 25.7 Å². The minimum atomic E-state index is -0.407. The van der Waals surface area contributed by atoms with Crippen molar-refractivity contribution in [2.75, 3.05) is 11.9 Å². The van der Waals surface area contributed by atoms with Gasteiger partial charge in [0.05, 0.1) is 11.6 Å². The molecule has 4 heteroatoms. The van der Waals surface area contributed by atoms with E-state index in [-0.39, 0.29) is 10.4 Å². The fourth-order valence-corrected chi connectivity index (χ4v) is 3.14. The number of hydrogen-bond donors (Lipinski definition) is 0. The molecule has 0 radical (unpaired) electrons. The van der Waals surface area contributed by atoms with Crippen LogP contribution in [0.25, 0.3) is 0 Å². The van der Waals surface area contributed by atoms with Crippen LogP contribution in [0, 0.1) is 11.2 Å². The Morgan fingerprint density at radius 1 is 1.35 bits per heavy atom. The van der Waals surface area contributed by atoms with Gasteiger partial charge in [-0.05, 0) is 25.0 Å². The molecule has 0 spiro atoms. The third-order valence-electron chi connectivity index (χ3n) is 3.38. The summed E-state index contributed by atoms with van der Waals surface area (Å²) in [6.45, 7) is 0.667. The van der Waals surface area contributed by atoms with Crippen molar-refractivity contribution in [3.8, 4) is 5.75 Å². The summed E-state index contributed by atoms with van der Waals surface area (Å²) in [6.07, 6.45) is 4.90. The van der Waals surface area contributed by atoms with Crippen LogP contribution in [-0.4, -0.2) is 11.9 Å². The zero-order valence-electron chi connectivity index (χ0n) is 9.52. The predicted molar refractivity (Wildman–Crippen MR) is 71.6 cm³/mol. The van der Waals surface area contributed by atoms with Gasteiger partial charge in [0, 0.05) is 16.8 Å². The van der Waals surface area contributed by atoms with Crippen molar-refractivity contribution >= 4 is 27.5 Å². The first-order valence-corrected chi connectivity index (χ1v) is 7.29. The molecular weight excluding hydrogens is 306 g/mol. The summed E-state index contributed by atoms with van der Waals surface area (Å²) < 4.78 is 18.7. The van der Waals surface area contributed by atoms with Crippen molar-refractivity contribution in [1.82, 2.24) is 0 Å². The molecule has 0 N–H and O–H groups in total. The molecule has 17 heavy (non-hydrogen) atoms. The first-order valence-electron chi connectivity index (χ1n) is 5.79. The van der Waals surface area contributed by atoms with Crippen molar-refractivity contribution in [3.63, 3.8) is 0 Å². The molecule has 1 aliphatic rings. The van der Waals surface area contributed by atoms with Crippen molar-refractivity contribution < 1.29 is 9.13 Å². The van der Waals surface area contributed by atoms with Crippen LogP contribution < -0.4 is 4.74 Å². The molecule has 1 aromatic carbocycles. The highest BCUT2D eigenvalue weighted by Crippen LogP contribution is 2.40. The van der Waals surface area contributed by atoms with Gasteiger partial charge >= 0.3 is 0 Å². The van der Waals surface area contributed by atoms with E-state index in [9.17, 15) is 4.39 Å². The second-order valence-electron chi connectivity index (χ2n) is 4.71. The van der Waals surface area contributed by atoms with E-state index in [1.807, 2.05) is 0 Å². The maximum absolute atomic E-state index is 13.0. The van der Waals surface area contributed by atoms with Gasteiger partial charge in [-0.2, -0.15) is 0 Å². The number of benzene rings is 1. The number of rotatable bonds is 4. The summed E-state index contributed by atoms with van der Waals surface area (Å²) in [7, 11) is 0. The Labute approximate surface area is 114 Å². The smallest absolute Gasteiger partial charge is 0.142 e. The van der Waals surface area contributed by atoms with Gasteiger partial charge in [0.1, 0.15) is 11.6 Å². The molecule has 2 rings (SSSR count). The Morgan fingerprint density at radius 2 is 2.06 bits per heavy atom. The van der Waals surface area contributed by atoms with E-state index in [1.165, 1.54) is 37.8 Å². The van der Waals surface area contributed by atoms with Crippen LogP contribution in [0.4, 0.5) is 4.39 Å². The topological polar surface area (TPSA) is 9.23 Å². The van der Waals surface area contributed by atoms with E-state index in [0.717, 1.165) is 5.33 Å². The average molecular weight is 322 g/mol. The van der Waals surface area contributed by atoms with Crippen LogP contribution >= 0.6 is 27.5 Å². The molecule has 1 aliphatic carbocycles. The first kappa shape index (κ1) is 13.2. The lowest BCUT2D eigenvalue weighted by Crippen LogP contribution is -2.26. The molecule has 0 aliphatic heterocycles. The number of halogens is 3. The van der Waals surface area contributed by atoms with E-state index < -0.39 is 5.82 Å². The van der Waals surface area contributed by atoms with Gasteiger partial charge in [-0.15, -0.1) is 0 Å². The highest BCUT2D eigenvalue weighted by molar-refractivity contribution is 9.09. The van der Waals surface area contributed by atoms with E-state index >= 15 is 0 Å².